The normalized spacial score (nSPS) is 39.0. The Kier molecular flexibility index (Phi) is 2.39. The van der Waals surface area contributed by atoms with Crippen LogP contribution in [-0.4, -0.2) is 11.2 Å². The summed E-state index contributed by atoms with van der Waals surface area (Å²) < 4.78 is 0. The Morgan fingerprint density at radius 2 is 1.92 bits per heavy atom. The lowest BCUT2D eigenvalue weighted by molar-refractivity contribution is 0.0859. The Labute approximate surface area is 81.5 Å². The van der Waals surface area contributed by atoms with E-state index >= 15 is 0 Å². The fourth-order valence-electron chi connectivity index (χ4n) is 2.98. The average molecular weight is 182 g/mol. The van der Waals surface area contributed by atoms with Gasteiger partial charge in [0.15, 0.2) is 0 Å². The van der Waals surface area contributed by atoms with Gasteiger partial charge in [-0.05, 0) is 42.9 Å². The monoisotopic (exact) mass is 182 g/mol. The topological polar surface area (TPSA) is 20.2 Å². The van der Waals surface area contributed by atoms with Crippen molar-refractivity contribution in [2.45, 2.75) is 58.5 Å². The summed E-state index contributed by atoms with van der Waals surface area (Å²) in [5.74, 6) is 1.43. The highest BCUT2D eigenvalue weighted by molar-refractivity contribution is 4.92. The fraction of sp³-hybridized carbons (Fsp3) is 1.00. The van der Waals surface area contributed by atoms with Crippen molar-refractivity contribution in [3.63, 3.8) is 0 Å². The van der Waals surface area contributed by atoms with E-state index < -0.39 is 0 Å². The van der Waals surface area contributed by atoms with Crippen molar-refractivity contribution < 1.29 is 5.11 Å². The Morgan fingerprint density at radius 1 is 1.38 bits per heavy atom. The molecule has 3 atom stereocenters. The molecule has 0 aliphatic heterocycles. The molecule has 0 spiro atoms. The number of aliphatic hydroxyl groups excluding tert-OH is 1. The molecule has 2 rings (SSSR count). The minimum atomic E-state index is -0.00176. The van der Waals surface area contributed by atoms with Crippen LogP contribution < -0.4 is 0 Å². The smallest absolute Gasteiger partial charge is 0.0576 e. The van der Waals surface area contributed by atoms with Gasteiger partial charge in [-0.1, -0.05) is 26.7 Å². The highest BCUT2D eigenvalue weighted by Crippen LogP contribution is 2.47. The van der Waals surface area contributed by atoms with Crippen LogP contribution in [0.2, 0.25) is 0 Å². The Balaban J connectivity index is 1.82. The molecule has 0 aromatic carbocycles. The van der Waals surface area contributed by atoms with Crippen LogP contribution in [0.15, 0.2) is 0 Å². The molecule has 2 aliphatic rings. The standard InChI is InChI=1S/C12H22O/c1-9-7-10(9)11(13)8-12(2)5-3-4-6-12/h9-11,13H,3-8H2,1-2H3. The minimum absolute atomic E-state index is 0.00176. The molecular weight excluding hydrogens is 160 g/mol. The van der Waals surface area contributed by atoms with E-state index in [0.717, 1.165) is 12.3 Å². The third-order valence-corrected chi connectivity index (χ3v) is 4.18. The fourth-order valence-corrected chi connectivity index (χ4v) is 2.98. The van der Waals surface area contributed by atoms with E-state index in [1.807, 2.05) is 0 Å². The number of hydrogen-bond acceptors (Lipinski definition) is 1. The summed E-state index contributed by atoms with van der Waals surface area (Å²) in [4.78, 5) is 0. The van der Waals surface area contributed by atoms with E-state index in [2.05, 4.69) is 13.8 Å². The molecule has 2 fully saturated rings. The second-order valence-electron chi connectivity index (χ2n) is 5.67. The summed E-state index contributed by atoms with van der Waals surface area (Å²) in [6.45, 7) is 4.61. The van der Waals surface area contributed by atoms with Crippen LogP contribution >= 0.6 is 0 Å². The maximum absolute atomic E-state index is 9.98. The molecule has 76 valence electrons. The van der Waals surface area contributed by atoms with Gasteiger partial charge in [-0.15, -0.1) is 0 Å². The maximum Gasteiger partial charge on any atom is 0.0576 e. The quantitative estimate of drug-likeness (QED) is 0.711. The Bertz CT molecular complexity index is 182. The van der Waals surface area contributed by atoms with Crippen LogP contribution in [0.25, 0.3) is 0 Å². The summed E-state index contributed by atoms with van der Waals surface area (Å²) in [6.07, 6.45) is 7.75. The zero-order valence-electron chi connectivity index (χ0n) is 8.92. The SMILES string of the molecule is CC1CC1C(O)CC1(C)CCCC1. The average Bonchev–Trinajstić information content (AvgIpc) is 2.63. The third kappa shape index (κ3) is 2.07. The van der Waals surface area contributed by atoms with E-state index in [0.29, 0.717) is 11.3 Å². The molecule has 0 amide bonds. The lowest BCUT2D eigenvalue weighted by Gasteiger charge is -2.26. The molecule has 1 N–H and O–H groups in total. The molecule has 0 saturated heterocycles. The van der Waals surface area contributed by atoms with Crippen LogP contribution in [0.4, 0.5) is 0 Å². The highest BCUT2D eigenvalue weighted by Gasteiger charge is 2.42. The van der Waals surface area contributed by atoms with Crippen molar-refractivity contribution in [1.29, 1.82) is 0 Å². The van der Waals surface area contributed by atoms with Crippen LogP contribution in [0, 0.1) is 17.3 Å². The van der Waals surface area contributed by atoms with E-state index in [1.165, 1.54) is 32.1 Å². The zero-order chi connectivity index (χ0) is 9.47. The molecule has 3 unspecified atom stereocenters. The lowest BCUT2D eigenvalue weighted by Crippen LogP contribution is -2.22. The Morgan fingerprint density at radius 3 is 2.38 bits per heavy atom. The van der Waals surface area contributed by atoms with Crippen molar-refractivity contribution in [3.05, 3.63) is 0 Å². The number of aliphatic hydroxyl groups is 1. The minimum Gasteiger partial charge on any atom is -0.393 e. The van der Waals surface area contributed by atoms with Gasteiger partial charge in [0.25, 0.3) is 0 Å². The second kappa shape index (κ2) is 3.27. The van der Waals surface area contributed by atoms with Gasteiger partial charge in [0.2, 0.25) is 0 Å². The van der Waals surface area contributed by atoms with Crippen LogP contribution in [0.1, 0.15) is 52.4 Å². The summed E-state index contributed by atoms with van der Waals surface area (Å²) >= 11 is 0. The molecule has 1 nitrogen and oxygen atoms in total. The van der Waals surface area contributed by atoms with Crippen molar-refractivity contribution >= 4 is 0 Å². The summed E-state index contributed by atoms with van der Waals surface area (Å²) in [7, 11) is 0. The van der Waals surface area contributed by atoms with Gasteiger partial charge >= 0.3 is 0 Å². The molecule has 2 saturated carbocycles. The predicted molar refractivity (Wildman–Crippen MR) is 54.5 cm³/mol. The van der Waals surface area contributed by atoms with Gasteiger partial charge in [0.05, 0.1) is 6.10 Å². The van der Waals surface area contributed by atoms with Crippen LogP contribution in [-0.2, 0) is 0 Å². The largest absolute Gasteiger partial charge is 0.393 e. The molecule has 0 aromatic rings. The first-order valence-electron chi connectivity index (χ1n) is 5.79. The molecule has 1 heteroatoms. The van der Waals surface area contributed by atoms with E-state index in [4.69, 9.17) is 0 Å². The van der Waals surface area contributed by atoms with Gasteiger partial charge in [0.1, 0.15) is 0 Å². The molecule has 13 heavy (non-hydrogen) atoms. The maximum atomic E-state index is 9.98. The molecule has 0 radical (unpaired) electrons. The lowest BCUT2D eigenvalue weighted by atomic mass is 9.82. The first kappa shape index (κ1) is 9.51. The highest BCUT2D eigenvalue weighted by atomic mass is 16.3. The van der Waals surface area contributed by atoms with Gasteiger partial charge < -0.3 is 5.11 Å². The molecular formula is C12H22O. The Hall–Kier alpha value is -0.0400. The van der Waals surface area contributed by atoms with Gasteiger partial charge in [0, 0.05) is 0 Å². The van der Waals surface area contributed by atoms with Crippen molar-refractivity contribution in [2.24, 2.45) is 17.3 Å². The summed E-state index contributed by atoms with van der Waals surface area (Å²) in [6, 6.07) is 0. The van der Waals surface area contributed by atoms with E-state index in [9.17, 15) is 5.11 Å². The first-order chi connectivity index (χ1) is 6.11. The van der Waals surface area contributed by atoms with Crippen molar-refractivity contribution in [2.75, 3.05) is 0 Å². The van der Waals surface area contributed by atoms with Gasteiger partial charge in [-0.3, -0.25) is 0 Å². The van der Waals surface area contributed by atoms with Crippen molar-refractivity contribution in [3.8, 4) is 0 Å². The number of rotatable bonds is 3. The van der Waals surface area contributed by atoms with E-state index in [1.54, 1.807) is 0 Å². The van der Waals surface area contributed by atoms with Crippen molar-refractivity contribution in [1.82, 2.24) is 0 Å². The van der Waals surface area contributed by atoms with Gasteiger partial charge in [-0.2, -0.15) is 0 Å². The molecule has 0 aromatic heterocycles. The molecule has 0 bridgehead atoms. The molecule has 2 aliphatic carbocycles. The first-order valence-corrected chi connectivity index (χ1v) is 5.79. The van der Waals surface area contributed by atoms with Crippen LogP contribution in [0.5, 0.6) is 0 Å². The van der Waals surface area contributed by atoms with Crippen LogP contribution in [0.3, 0.4) is 0 Å². The second-order valence-corrected chi connectivity index (χ2v) is 5.67. The van der Waals surface area contributed by atoms with E-state index in [-0.39, 0.29) is 6.10 Å². The predicted octanol–water partition coefficient (Wildman–Crippen LogP) is 2.97. The summed E-state index contributed by atoms with van der Waals surface area (Å²) in [5.41, 5.74) is 0.474. The zero-order valence-corrected chi connectivity index (χ0v) is 8.92. The third-order valence-electron chi connectivity index (χ3n) is 4.18. The van der Waals surface area contributed by atoms with Gasteiger partial charge in [-0.25, -0.2) is 0 Å². The molecule has 0 heterocycles. The number of hydrogen-bond donors (Lipinski definition) is 1. The summed E-state index contributed by atoms with van der Waals surface area (Å²) in [5, 5.41) is 9.98.